The fourth-order valence-corrected chi connectivity index (χ4v) is 1.77. The third-order valence-electron chi connectivity index (χ3n) is 2.56. The number of hydrogen-bond acceptors (Lipinski definition) is 3. The van der Waals surface area contributed by atoms with Gasteiger partial charge in [-0.25, -0.2) is 4.98 Å². The van der Waals surface area contributed by atoms with Gasteiger partial charge >= 0.3 is 0 Å². The molecule has 0 fully saturated rings. The largest absolute Gasteiger partial charge is 0.380 e. The summed E-state index contributed by atoms with van der Waals surface area (Å²) in [6.07, 6.45) is 1.03. The van der Waals surface area contributed by atoms with E-state index in [0.29, 0.717) is 29.8 Å². The average molecular weight is 285 g/mol. The molecule has 0 unspecified atom stereocenters. The summed E-state index contributed by atoms with van der Waals surface area (Å²) in [5, 5.41) is 3.12. The average Bonchev–Trinajstić information content (AvgIpc) is 2.31. The summed E-state index contributed by atoms with van der Waals surface area (Å²) < 4.78 is 5.43. The molecule has 5 heteroatoms. The number of hydrogen-bond donors (Lipinski definition) is 1. The topological polar surface area (TPSA) is 51.2 Å². The first-order valence-electron chi connectivity index (χ1n) is 6.49. The molecule has 1 aromatic rings. The van der Waals surface area contributed by atoms with E-state index in [9.17, 15) is 4.79 Å². The van der Waals surface area contributed by atoms with Crippen molar-refractivity contribution >= 4 is 17.5 Å². The van der Waals surface area contributed by atoms with Gasteiger partial charge in [0.15, 0.2) is 0 Å². The number of amides is 1. The Morgan fingerprint density at radius 3 is 2.79 bits per heavy atom. The van der Waals surface area contributed by atoms with Crippen molar-refractivity contribution in [3.8, 4) is 0 Å². The predicted octanol–water partition coefficient (Wildman–Crippen LogP) is 2.84. The van der Waals surface area contributed by atoms with Crippen LogP contribution in [0, 0.1) is 12.8 Å². The molecule has 0 spiro atoms. The predicted molar refractivity (Wildman–Crippen MR) is 76.6 cm³/mol. The minimum Gasteiger partial charge on any atom is -0.380 e. The van der Waals surface area contributed by atoms with Crippen molar-refractivity contribution in [2.45, 2.75) is 27.2 Å². The number of nitrogens with one attached hydrogen (secondary N) is 1. The Bertz CT molecular complexity index is 402. The van der Waals surface area contributed by atoms with Crippen LogP contribution in [0.3, 0.4) is 0 Å². The Morgan fingerprint density at radius 2 is 2.16 bits per heavy atom. The van der Waals surface area contributed by atoms with Crippen LogP contribution in [-0.4, -0.2) is 30.6 Å². The standard InChI is InChI=1S/C14H21ClN2O2/c1-10(2)4-6-19-7-5-16-14(18)12-8-11(3)17-13(15)9-12/h8-10H,4-7H2,1-3H3,(H,16,18). The molecule has 0 aromatic carbocycles. The van der Waals surface area contributed by atoms with Crippen LogP contribution < -0.4 is 5.32 Å². The molecular formula is C14H21ClN2O2. The third-order valence-corrected chi connectivity index (χ3v) is 2.75. The summed E-state index contributed by atoms with van der Waals surface area (Å²) in [4.78, 5) is 15.9. The molecule has 1 rings (SSSR count). The van der Waals surface area contributed by atoms with Crippen LogP contribution >= 0.6 is 11.6 Å². The summed E-state index contributed by atoms with van der Waals surface area (Å²) in [7, 11) is 0. The molecule has 19 heavy (non-hydrogen) atoms. The fraction of sp³-hybridized carbons (Fsp3) is 0.571. The van der Waals surface area contributed by atoms with Gasteiger partial charge in [0, 0.05) is 24.4 Å². The number of nitrogens with zero attached hydrogens (tertiary/aromatic N) is 1. The van der Waals surface area contributed by atoms with Gasteiger partial charge in [-0.1, -0.05) is 25.4 Å². The summed E-state index contributed by atoms with van der Waals surface area (Å²) in [5.41, 5.74) is 1.26. The van der Waals surface area contributed by atoms with Crippen molar-refractivity contribution in [1.82, 2.24) is 10.3 Å². The fourth-order valence-electron chi connectivity index (χ4n) is 1.52. The molecule has 0 saturated carbocycles. The van der Waals surface area contributed by atoms with Gasteiger partial charge in [0.2, 0.25) is 0 Å². The van der Waals surface area contributed by atoms with Crippen molar-refractivity contribution < 1.29 is 9.53 Å². The molecule has 4 nitrogen and oxygen atoms in total. The third kappa shape index (κ3) is 6.55. The van der Waals surface area contributed by atoms with Gasteiger partial charge in [0.1, 0.15) is 5.15 Å². The summed E-state index contributed by atoms with van der Waals surface area (Å²) in [6, 6.07) is 3.27. The zero-order valence-electron chi connectivity index (χ0n) is 11.7. The molecule has 106 valence electrons. The number of rotatable bonds is 7. The van der Waals surface area contributed by atoms with Gasteiger partial charge < -0.3 is 10.1 Å². The number of aryl methyl sites for hydroxylation is 1. The van der Waals surface area contributed by atoms with Crippen molar-refractivity contribution in [3.63, 3.8) is 0 Å². The van der Waals surface area contributed by atoms with Crippen molar-refractivity contribution in [2.24, 2.45) is 5.92 Å². The normalized spacial score (nSPS) is 10.8. The first kappa shape index (κ1) is 15.9. The smallest absolute Gasteiger partial charge is 0.251 e. The quantitative estimate of drug-likeness (QED) is 0.619. The number of aromatic nitrogens is 1. The van der Waals surface area contributed by atoms with Crippen LogP contribution in [0.15, 0.2) is 12.1 Å². The molecule has 0 atom stereocenters. The second-order valence-corrected chi connectivity index (χ2v) is 5.26. The maximum absolute atomic E-state index is 11.8. The van der Waals surface area contributed by atoms with Crippen LogP contribution in [0.1, 0.15) is 36.3 Å². The molecule has 0 saturated heterocycles. The van der Waals surface area contributed by atoms with Crippen LogP contribution in [0.4, 0.5) is 0 Å². The zero-order valence-corrected chi connectivity index (χ0v) is 12.5. The van der Waals surface area contributed by atoms with E-state index in [2.05, 4.69) is 24.1 Å². The van der Waals surface area contributed by atoms with Gasteiger partial charge in [0.25, 0.3) is 5.91 Å². The van der Waals surface area contributed by atoms with Crippen molar-refractivity contribution in [2.75, 3.05) is 19.8 Å². The SMILES string of the molecule is Cc1cc(C(=O)NCCOCCC(C)C)cc(Cl)n1. The molecule has 1 amide bonds. The lowest BCUT2D eigenvalue weighted by molar-refractivity contribution is 0.0905. The maximum Gasteiger partial charge on any atom is 0.251 e. The minimum absolute atomic E-state index is 0.153. The van der Waals surface area contributed by atoms with E-state index in [0.717, 1.165) is 18.7 Å². The van der Waals surface area contributed by atoms with E-state index in [1.807, 2.05) is 0 Å². The number of carbonyl (C=O) groups excluding carboxylic acids is 1. The van der Waals surface area contributed by atoms with Gasteiger partial charge in [-0.15, -0.1) is 0 Å². The lowest BCUT2D eigenvalue weighted by Gasteiger charge is -2.08. The Kier molecular flexibility index (Phi) is 6.81. The summed E-state index contributed by atoms with van der Waals surface area (Å²) >= 11 is 5.81. The van der Waals surface area contributed by atoms with Gasteiger partial charge in [0.05, 0.1) is 6.61 Å². The Morgan fingerprint density at radius 1 is 1.42 bits per heavy atom. The lowest BCUT2D eigenvalue weighted by Crippen LogP contribution is -2.27. The van der Waals surface area contributed by atoms with Gasteiger partial charge in [-0.3, -0.25) is 4.79 Å². The number of ether oxygens (including phenoxy) is 1. The molecule has 0 aliphatic rings. The molecular weight excluding hydrogens is 264 g/mol. The first-order valence-corrected chi connectivity index (χ1v) is 6.87. The molecule has 0 radical (unpaired) electrons. The van der Waals surface area contributed by atoms with Crippen molar-refractivity contribution in [3.05, 3.63) is 28.5 Å². The minimum atomic E-state index is -0.153. The highest BCUT2D eigenvalue weighted by Crippen LogP contribution is 2.10. The van der Waals surface area contributed by atoms with E-state index < -0.39 is 0 Å². The van der Waals surface area contributed by atoms with Gasteiger partial charge in [-0.2, -0.15) is 0 Å². The second-order valence-electron chi connectivity index (χ2n) is 4.87. The monoisotopic (exact) mass is 284 g/mol. The molecule has 0 aliphatic carbocycles. The molecule has 1 heterocycles. The maximum atomic E-state index is 11.8. The molecule has 1 aromatic heterocycles. The zero-order chi connectivity index (χ0) is 14.3. The molecule has 0 bridgehead atoms. The molecule has 1 N–H and O–H groups in total. The van der Waals surface area contributed by atoms with Gasteiger partial charge in [-0.05, 0) is 31.4 Å². The van der Waals surface area contributed by atoms with E-state index in [1.54, 1.807) is 19.1 Å². The second kappa shape index (κ2) is 8.12. The van der Waals surface area contributed by atoms with Crippen LogP contribution in [0.25, 0.3) is 0 Å². The van der Waals surface area contributed by atoms with E-state index in [1.165, 1.54) is 0 Å². The van der Waals surface area contributed by atoms with Crippen LogP contribution in [-0.2, 0) is 4.74 Å². The van der Waals surface area contributed by atoms with E-state index in [4.69, 9.17) is 16.3 Å². The summed E-state index contributed by atoms with van der Waals surface area (Å²) in [5.74, 6) is 0.483. The van der Waals surface area contributed by atoms with E-state index >= 15 is 0 Å². The first-order chi connectivity index (χ1) is 8.99. The van der Waals surface area contributed by atoms with E-state index in [-0.39, 0.29) is 5.91 Å². The molecule has 0 aliphatic heterocycles. The summed E-state index contributed by atoms with van der Waals surface area (Å²) in [6.45, 7) is 7.86. The Balaban J connectivity index is 2.27. The van der Waals surface area contributed by atoms with Crippen LogP contribution in [0.5, 0.6) is 0 Å². The highest BCUT2D eigenvalue weighted by atomic mass is 35.5. The number of carbonyl (C=O) groups is 1. The Hall–Kier alpha value is -1.13. The Labute approximate surface area is 119 Å². The number of pyridine rings is 1. The van der Waals surface area contributed by atoms with Crippen molar-refractivity contribution in [1.29, 1.82) is 0 Å². The number of halogens is 1. The highest BCUT2D eigenvalue weighted by molar-refractivity contribution is 6.29. The highest BCUT2D eigenvalue weighted by Gasteiger charge is 2.07. The van der Waals surface area contributed by atoms with Crippen LogP contribution in [0.2, 0.25) is 5.15 Å². The lowest BCUT2D eigenvalue weighted by atomic mass is 10.1.